The van der Waals surface area contributed by atoms with Crippen LogP contribution in [0.5, 0.6) is 0 Å². The van der Waals surface area contributed by atoms with Gasteiger partial charge in [-0.05, 0) is 24.1 Å². The predicted octanol–water partition coefficient (Wildman–Crippen LogP) is 2.91. The van der Waals surface area contributed by atoms with Crippen LogP contribution in [0.4, 0.5) is 0 Å². The molecule has 1 fully saturated rings. The van der Waals surface area contributed by atoms with Crippen LogP contribution in [0.3, 0.4) is 0 Å². The van der Waals surface area contributed by atoms with Crippen LogP contribution in [-0.4, -0.2) is 23.9 Å². The smallest absolute Gasteiger partial charge is 0.289 e. The average Bonchev–Trinajstić information content (AvgIpc) is 3.10. The second-order valence-electron chi connectivity index (χ2n) is 4.62. The number of carbonyl (C=O) groups excluding carboxylic acids is 1. The highest BCUT2D eigenvalue weighted by Gasteiger charge is 2.28. The van der Waals surface area contributed by atoms with Gasteiger partial charge in [0, 0.05) is 19.0 Å². The molecular weight excluding hydrogens is 226 g/mol. The maximum atomic E-state index is 12.1. The van der Waals surface area contributed by atoms with Crippen LogP contribution in [-0.2, 0) is 0 Å². The van der Waals surface area contributed by atoms with E-state index < -0.39 is 0 Å². The van der Waals surface area contributed by atoms with Gasteiger partial charge in [-0.15, -0.1) is 0 Å². The number of hydrogen-bond donors (Lipinski definition) is 0. The van der Waals surface area contributed by atoms with Crippen molar-refractivity contribution in [2.24, 2.45) is 0 Å². The van der Waals surface area contributed by atoms with E-state index in [1.807, 2.05) is 23.1 Å². The fourth-order valence-electron chi connectivity index (χ4n) is 2.50. The number of furan rings is 1. The molecule has 1 aromatic heterocycles. The van der Waals surface area contributed by atoms with E-state index in [2.05, 4.69) is 12.1 Å². The molecule has 3 rings (SSSR count). The molecule has 2 aromatic rings. The number of nitrogens with zero attached hydrogens (tertiary/aromatic N) is 1. The Labute approximate surface area is 106 Å². The van der Waals surface area contributed by atoms with Crippen LogP contribution in [0.15, 0.2) is 53.1 Å². The molecule has 0 unspecified atom stereocenters. The largest absolute Gasteiger partial charge is 0.459 e. The van der Waals surface area contributed by atoms with Crippen LogP contribution in [0.25, 0.3) is 0 Å². The van der Waals surface area contributed by atoms with Gasteiger partial charge in [-0.1, -0.05) is 30.3 Å². The van der Waals surface area contributed by atoms with Gasteiger partial charge in [-0.3, -0.25) is 4.79 Å². The van der Waals surface area contributed by atoms with Crippen molar-refractivity contribution in [1.29, 1.82) is 0 Å². The molecule has 1 atom stereocenters. The fourth-order valence-corrected chi connectivity index (χ4v) is 2.50. The lowest BCUT2D eigenvalue weighted by atomic mass is 9.99. The Kier molecular flexibility index (Phi) is 2.89. The molecule has 1 amide bonds. The first kappa shape index (κ1) is 11.1. The first-order valence-corrected chi connectivity index (χ1v) is 6.22. The summed E-state index contributed by atoms with van der Waals surface area (Å²) >= 11 is 0. The molecule has 92 valence electrons. The Morgan fingerprint density at radius 3 is 2.72 bits per heavy atom. The summed E-state index contributed by atoms with van der Waals surface area (Å²) in [5.41, 5.74) is 1.31. The van der Waals surface area contributed by atoms with E-state index in [9.17, 15) is 4.79 Å². The summed E-state index contributed by atoms with van der Waals surface area (Å²) < 4.78 is 5.16. The molecule has 0 N–H and O–H groups in total. The maximum absolute atomic E-state index is 12.1. The van der Waals surface area contributed by atoms with Crippen LogP contribution < -0.4 is 0 Å². The molecule has 3 nitrogen and oxygen atoms in total. The maximum Gasteiger partial charge on any atom is 0.289 e. The summed E-state index contributed by atoms with van der Waals surface area (Å²) in [7, 11) is 0. The van der Waals surface area contributed by atoms with Gasteiger partial charge in [-0.2, -0.15) is 0 Å². The Hall–Kier alpha value is -2.03. The number of benzene rings is 1. The minimum Gasteiger partial charge on any atom is -0.459 e. The van der Waals surface area contributed by atoms with Gasteiger partial charge < -0.3 is 9.32 Å². The molecule has 0 aliphatic carbocycles. The highest BCUT2D eigenvalue weighted by atomic mass is 16.3. The molecule has 3 heteroatoms. The number of hydrogen-bond acceptors (Lipinski definition) is 2. The van der Waals surface area contributed by atoms with Crippen LogP contribution in [0.2, 0.25) is 0 Å². The van der Waals surface area contributed by atoms with Crippen molar-refractivity contribution in [2.75, 3.05) is 13.1 Å². The monoisotopic (exact) mass is 241 g/mol. The van der Waals surface area contributed by atoms with Gasteiger partial charge in [0.1, 0.15) is 0 Å². The molecule has 0 spiro atoms. The zero-order valence-electron chi connectivity index (χ0n) is 10.1. The van der Waals surface area contributed by atoms with Crippen molar-refractivity contribution in [2.45, 2.75) is 12.3 Å². The summed E-state index contributed by atoms with van der Waals surface area (Å²) in [5, 5.41) is 0. The third-order valence-electron chi connectivity index (χ3n) is 3.48. The van der Waals surface area contributed by atoms with E-state index in [-0.39, 0.29) is 5.91 Å². The van der Waals surface area contributed by atoms with Crippen molar-refractivity contribution in [1.82, 2.24) is 4.90 Å². The fraction of sp³-hybridized carbons (Fsp3) is 0.267. The molecule has 18 heavy (non-hydrogen) atoms. The average molecular weight is 241 g/mol. The van der Waals surface area contributed by atoms with Crippen molar-refractivity contribution in [3.05, 3.63) is 60.1 Å². The molecule has 2 heterocycles. The molecular formula is C15H15NO2. The number of carbonyl (C=O) groups is 1. The first-order valence-electron chi connectivity index (χ1n) is 6.22. The van der Waals surface area contributed by atoms with Crippen molar-refractivity contribution in [3.8, 4) is 0 Å². The Balaban J connectivity index is 1.71. The van der Waals surface area contributed by atoms with Crippen LogP contribution >= 0.6 is 0 Å². The summed E-state index contributed by atoms with van der Waals surface area (Å²) in [5.74, 6) is 0.882. The molecule has 1 aliphatic heterocycles. The van der Waals surface area contributed by atoms with Gasteiger partial charge >= 0.3 is 0 Å². The lowest BCUT2D eigenvalue weighted by molar-refractivity contribution is 0.0759. The Morgan fingerprint density at radius 2 is 2.00 bits per heavy atom. The Morgan fingerprint density at radius 1 is 1.17 bits per heavy atom. The second-order valence-corrected chi connectivity index (χ2v) is 4.62. The van der Waals surface area contributed by atoms with Crippen molar-refractivity contribution >= 4 is 5.91 Å². The minimum absolute atomic E-state index is 0.00145. The quantitative estimate of drug-likeness (QED) is 0.810. The minimum atomic E-state index is -0.00145. The summed E-state index contributed by atoms with van der Waals surface area (Å²) in [6, 6.07) is 13.8. The normalized spacial score (nSPS) is 19.1. The van der Waals surface area contributed by atoms with Gasteiger partial charge in [0.2, 0.25) is 0 Å². The topological polar surface area (TPSA) is 33.5 Å². The van der Waals surface area contributed by atoms with Crippen molar-refractivity contribution < 1.29 is 9.21 Å². The van der Waals surface area contributed by atoms with E-state index in [0.717, 1.165) is 19.5 Å². The molecule has 1 aromatic carbocycles. The highest BCUT2D eigenvalue weighted by molar-refractivity contribution is 5.91. The van der Waals surface area contributed by atoms with E-state index >= 15 is 0 Å². The number of likely N-dealkylation sites (tertiary alicyclic amines) is 1. The summed E-state index contributed by atoms with van der Waals surface area (Å²) in [6.45, 7) is 1.59. The third-order valence-corrected chi connectivity index (χ3v) is 3.48. The van der Waals surface area contributed by atoms with E-state index in [4.69, 9.17) is 4.42 Å². The lowest BCUT2D eigenvalue weighted by Gasteiger charge is -2.15. The van der Waals surface area contributed by atoms with Gasteiger partial charge in [-0.25, -0.2) is 0 Å². The molecule has 0 saturated carbocycles. The van der Waals surface area contributed by atoms with Gasteiger partial charge in [0.25, 0.3) is 5.91 Å². The molecule has 1 saturated heterocycles. The lowest BCUT2D eigenvalue weighted by Crippen LogP contribution is -2.28. The van der Waals surface area contributed by atoms with E-state index in [1.165, 1.54) is 11.8 Å². The standard InChI is InChI=1S/C15H15NO2/c17-15(14-7-4-10-18-14)16-9-8-13(11-16)12-5-2-1-3-6-12/h1-7,10,13H,8-9,11H2/t13-/m0/s1. The van der Waals surface area contributed by atoms with Crippen molar-refractivity contribution in [3.63, 3.8) is 0 Å². The van der Waals surface area contributed by atoms with E-state index in [1.54, 1.807) is 12.1 Å². The van der Waals surface area contributed by atoms with E-state index in [0.29, 0.717) is 11.7 Å². The highest BCUT2D eigenvalue weighted by Crippen LogP contribution is 2.27. The van der Waals surface area contributed by atoms with Gasteiger partial charge in [0.05, 0.1) is 6.26 Å². The summed E-state index contributed by atoms with van der Waals surface area (Å²) in [6.07, 6.45) is 2.56. The van der Waals surface area contributed by atoms with Gasteiger partial charge in [0.15, 0.2) is 5.76 Å². The second kappa shape index (κ2) is 4.69. The van der Waals surface area contributed by atoms with Crippen LogP contribution in [0.1, 0.15) is 28.5 Å². The Bertz CT molecular complexity index is 519. The molecule has 1 aliphatic rings. The van der Waals surface area contributed by atoms with Crippen LogP contribution in [0, 0.1) is 0 Å². The number of rotatable bonds is 2. The zero-order chi connectivity index (χ0) is 12.4. The molecule has 0 radical (unpaired) electrons. The summed E-state index contributed by atoms with van der Waals surface area (Å²) in [4.78, 5) is 14.0. The third kappa shape index (κ3) is 2.04. The number of amides is 1. The molecule has 0 bridgehead atoms. The SMILES string of the molecule is O=C(c1ccco1)N1CC[C@H](c2ccccc2)C1. The predicted molar refractivity (Wildman–Crippen MR) is 68.4 cm³/mol. The zero-order valence-corrected chi connectivity index (χ0v) is 10.1. The first-order chi connectivity index (χ1) is 8.84.